The van der Waals surface area contributed by atoms with E-state index in [0.717, 1.165) is 25.7 Å². The lowest BCUT2D eigenvalue weighted by atomic mass is 10.1. The summed E-state index contributed by atoms with van der Waals surface area (Å²) in [5.41, 5.74) is 5.18. The minimum atomic E-state index is -0.471. The second-order valence-electron chi connectivity index (χ2n) is 5.72. The van der Waals surface area contributed by atoms with Crippen molar-refractivity contribution in [2.45, 2.75) is 57.7 Å². The van der Waals surface area contributed by atoms with Crippen molar-refractivity contribution < 1.29 is 9.59 Å². The summed E-state index contributed by atoms with van der Waals surface area (Å²) in [5.74, 6) is -0.141. The summed E-state index contributed by atoms with van der Waals surface area (Å²) in [5, 5.41) is 12.5. The van der Waals surface area contributed by atoms with Crippen LogP contribution in [0.2, 0.25) is 0 Å². The van der Waals surface area contributed by atoms with Crippen LogP contribution in [0.25, 0.3) is 0 Å². The van der Waals surface area contributed by atoms with E-state index in [1.54, 1.807) is 0 Å². The first kappa shape index (κ1) is 17.4. The average molecular weight is 297 g/mol. The van der Waals surface area contributed by atoms with Crippen LogP contribution in [0.1, 0.15) is 39.5 Å². The molecule has 1 aliphatic heterocycles. The topological polar surface area (TPSA) is 111 Å². The van der Waals surface area contributed by atoms with Gasteiger partial charge in [-0.3, -0.25) is 15.1 Å². The summed E-state index contributed by atoms with van der Waals surface area (Å²) in [7, 11) is 0. The van der Waals surface area contributed by atoms with Crippen LogP contribution in [0, 0.1) is 5.41 Å². The second kappa shape index (κ2) is 8.61. The van der Waals surface area contributed by atoms with Crippen molar-refractivity contribution in [1.29, 1.82) is 5.41 Å². The molecule has 1 amide bonds. The number of aldehydes is 1. The van der Waals surface area contributed by atoms with Crippen LogP contribution in [-0.2, 0) is 9.59 Å². The molecule has 0 aliphatic carbocycles. The average Bonchev–Trinajstić information content (AvgIpc) is 2.91. The SMILES string of the molecule is CC(C)N1CCC[C@H]1C(=O)N[C@H](C=O)CCCNC(=N)N. The van der Waals surface area contributed by atoms with Gasteiger partial charge in [-0.25, -0.2) is 0 Å². The maximum absolute atomic E-state index is 12.3. The highest BCUT2D eigenvalue weighted by atomic mass is 16.2. The smallest absolute Gasteiger partial charge is 0.237 e. The number of nitrogens with one attached hydrogen (secondary N) is 3. The molecule has 7 heteroatoms. The van der Waals surface area contributed by atoms with Crippen molar-refractivity contribution in [1.82, 2.24) is 15.5 Å². The van der Waals surface area contributed by atoms with Crippen LogP contribution in [0.3, 0.4) is 0 Å². The zero-order valence-corrected chi connectivity index (χ0v) is 12.9. The summed E-state index contributed by atoms with van der Waals surface area (Å²) >= 11 is 0. The van der Waals surface area contributed by atoms with Crippen LogP contribution in [-0.4, -0.2) is 54.3 Å². The molecule has 1 fully saturated rings. The van der Waals surface area contributed by atoms with E-state index in [0.29, 0.717) is 25.4 Å². The van der Waals surface area contributed by atoms with Gasteiger partial charge in [-0.1, -0.05) is 0 Å². The molecular weight excluding hydrogens is 270 g/mol. The Morgan fingerprint density at radius 2 is 2.24 bits per heavy atom. The predicted octanol–water partition coefficient (Wildman–Crippen LogP) is -0.194. The summed E-state index contributed by atoms with van der Waals surface area (Å²) < 4.78 is 0. The minimum Gasteiger partial charge on any atom is -0.370 e. The Morgan fingerprint density at radius 1 is 1.52 bits per heavy atom. The van der Waals surface area contributed by atoms with Gasteiger partial charge in [-0.05, 0) is 46.1 Å². The van der Waals surface area contributed by atoms with E-state index in [2.05, 4.69) is 29.4 Å². The number of amides is 1. The largest absolute Gasteiger partial charge is 0.370 e. The Kier molecular flexibility index (Phi) is 7.14. The van der Waals surface area contributed by atoms with Crippen molar-refractivity contribution in [2.75, 3.05) is 13.1 Å². The van der Waals surface area contributed by atoms with Gasteiger partial charge in [-0.15, -0.1) is 0 Å². The fourth-order valence-electron chi connectivity index (χ4n) is 2.69. The number of guanidine groups is 1. The van der Waals surface area contributed by atoms with Crippen molar-refractivity contribution in [3.05, 3.63) is 0 Å². The van der Waals surface area contributed by atoms with Crippen LogP contribution >= 0.6 is 0 Å². The van der Waals surface area contributed by atoms with Crippen molar-refractivity contribution in [3.63, 3.8) is 0 Å². The zero-order valence-electron chi connectivity index (χ0n) is 12.9. The lowest BCUT2D eigenvalue weighted by Crippen LogP contribution is -2.49. The van der Waals surface area contributed by atoms with Gasteiger partial charge in [0.05, 0.1) is 12.1 Å². The number of rotatable bonds is 8. The number of carbonyl (C=O) groups excluding carboxylic acids is 2. The van der Waals surface area contributed by atoms with Crippen molar-refractivity contribution in [2.24, 2.45) is 5.73 Å². The highest BCUT2D eigenvalue weighted by Gasteiger charge is 2.32. The monoisotopic (exact) mass is 297 g/mol. The highest BCUT2D eigenvalue weighted by Crippen LogP contribution is 2.20. The molecule has 0 unspecified atom stereocenters. The van der Waals surface area contributed by atoms with Gasteiger partial charge in [0, 0.05) is 12.6 Å². The normalized spacial score (nSPS) is 20.2. The summed E-state index contributed by atoms with van der Waals surface area (Å²) in [6.45, 7) is 5.62. The first-order valence-electron chi connectivity index (χ1n) is 7.55. The van der Waals surface area contributed by atoms with E-state index in [1.807, 2.05) is 0 Å². The zero-order chi connectivity index (χ0) is 15.8. The van der Waals surface area contributed by atoms with Crippen LogP contribution in [0.15, 0.2) is 0 Å². The molecule has 1 aliphatic rings. The van der Waals surface area contributed by atoms with Crippen LogP contribution in [0.5, 0.6) is 0 Å². The Morgan fingerprint density at radius 3 is 2.81 bits per heavy atom. The molecule has 0 spiro atoms. The molecule has 0 aromatic carbocycles. The Balaban J connectivity index is 2.39. The number of hydrogen-bond acceptors (Lipinski definition) is 4. The molecule has 5 N–H and O–H groups in total. The maximum Gasteiger partial charge on any atom is 0.237 e. The molecular formula is C14H27N5O2. The van der Waals surface area contributed by atoms with E-state index in [1.165, 1.54) is 0 Å². The Labute approximate surface area is 126 Å². The lowest BCUT2D eigenvalue weighted by molar-refractivity contribution is -0.128. The quantitative estimate of drug-likeness (QED) is 0.215. The van der Waals surface area contributed by atoms with E-state index < -0.39 is 6.04 Å². The minimum absolute atomic E-state index is 0.0576. The Bertz CT molecular complexity index is 372. The fourth-order valence-corrected chi connectivity index (χ4v) is 2.69. The van der Waals surface area contributed by atoms with E-state index in [4.69, 9.17) is 11.1 Å². The van der Waals surface area contributed by atoms with Gasteiger partial charge < -0.3 is 21.2 Å². The summed E-state index contributed by atoms with van der Waals surface area (Å²) in [6, 6.07) is -0.263. The molecule has 0 radical (unpaired) electrons. The molecule has 0 aromatic heterocycles. The van der Waals surface area contributed by atoms with E-state index in [-0.39, 0.29) is 17.9 Å². The molecule has 0 saturated carbocycles. The van der Waals surface area contributed by atoms with E-state index >= 15 is 0 Å². The van der Waals surface area contributed by atoms with E-state index in [9.17, 15) is 9.59 Å². The van der Waals surface area contributed by atoms with Gasteiger partial charge in [-0.2, -0.15) is 0 Å². The number of hydrogen-bond donors (Lipinski definition) is 4. The van der Waals surface area contributed by atoms with Crippen LogP contribution < -0.4 is 16.4 Å². The van der Waals surface area contributed by atoms with Gasteiger partial charge >= 0.3 is 0 Å². The fraction of sp³-hybridized carbons (Fsp3) is 0.786. The first-order chi connectivity index (χ1) is 9.95. The standard InChI is InChI=1S/C14H27N5O2/c1-10(2)19-8-4-6-12(19)13(21)18-11(9-20)5-3-7-17-14(15)16/h9-12H,3-8H2,1-2H3,(H,18,21)(H4,15,16,17)/t11-,12-/m0/s1. The second-order valence-corrected chi connectivity index (χ2v) is 5.72. The molecule has 120 valence electrons. The molecule has 0 aromatic rings. The van der Waals surface area contributed by atoms with Gasteiger partial charge in [0.2, 0.25) is 5.91 Å². The molecule has 7 nitrogen and oxygen atoms in total. The third-order valence-electron chi connectivity index (χ3n) is 3.76. The van der Waals surface area contributed by atoms with Gasteiger partial charge in [0.1, 0.15) is 6.29 Å². The first-order valence-corrected chi connectivity index (χ1v) is 7.55. The molecule has 2 atom stereocenters. The third kappa shape index (κ3) is 5.71. The molecule has 1 heterocycles. The molecule has 21 heavy (non-hydrogen) atoms. The lowest BCUT2D eigenvalue weighted by Gasteiger charge is -2.28. The summed E-state index contributed by atoms with van der Waals surface area (Å²) in [6.07, 6.45) is 3.86. The number of nitrogens with two attached hydrogens (primary N) is 1. The summed E-state index contributed by atoms with van der Waals surface area (Å²) in [4.78, 5) is 25.5. The van der Waals surface area contributed by atoms with Crippen molar-refractivity contribution >= 4 is 18.2 Å². The predicted molar refractivity (Wildman–Crippen MR) is 82.0 cm³/mol. The maximum atomic E-state index is 12.3. The Hall–Kier alpha value is -1.63. The number of carbonyl (C=O) groups is 2. The van der Waals surface area contributed by atoms with Gasteiger partial charge in [0.25, 0.3) is 0 Å². The van der Waals surface area contributed by atoms with Crippen molar-refractivity contribution in [3.8, 4) is 0 Å². The number of nitrogens with zero attached hydrogens (tertiary/aromatic N) is 1. The number of likely N-dealkylation sites (tertiary alicyclic amines) is 1. The van der Waals surface area contributed by atoms with Crippen LogP contribution in [0.4, 0.5) is 0 Å². The third-order valence-corrected chi connectivity index (χ3v) is 3.76. The van der Waals surface area contributed by atoms with Gasteiger partial charge in [0.15, 0.2) is 5.96 Å². The molecule has 0 bridgehead atoms. The molecule has 1 rings (SSSR count). The highest BCUT2D eigenvalue weighted by molar-refractivity contribution is 5.84. The molecule has 1 saturated heterocycles.